The largest absolute Gasteiger partial charge is 0.301 e. The molecular formula is C61H119N5. The minimum absolute atomic E-state index is 0.716. The number of likely N-dealkylation sites (tertiary alicyclic amines) is 3. The van der Waals surface area contributed by atoms with Crippen molar-refractivity contribution in [2.75, 3.05) is 72.0 Å². The Bertz CT molecular complexity index is 1270. The molecule has 1 atom stereocenters. The van der Waals surface area contributed by atoms with Gasteiger partial charge in [-0.15, -0.1) is 0 Å². The Hall–Kier alpha value is -0.200. The molecule has 0 aromatic heterocycles. The lowest BCUT2D eigenvalue weighted by Crippen LogP contribution is -2.50. The molecule has 5 nitrogen and oxygen atoms in total. The van der Waals surface area contributed by atoms with Gasteiger partial charge in [0.1, 0.15) is 0 Å². The lowest BCUT2D eigenvalue weighted by atomic mass is 9.81. The third-order valence-corrected chi connectivity index (χ3v) is 18.4. The monoisotopic (exact) mass is 922 g/mol. The summed E-state index contributed by atoms with van der Waals surface area (Å²) in [4.78, 5) is 13.3. The second kappa shape index (κ2) is 25.5. The SMILES string of the molecule is CC(C)CC1(CC2CCCN(C(C)C)C2)CC1.CC(C)CC1(CC2CCN(C(C)C)CC2)CC1.CC(C)CC1(CC2CN(C(C)C)C2)CC1.CC(C)CC1(CN2CCN(C(C)C)CC2)CC1. The van der Waals surface area contributed by atoms with Gasteiger partial charge < -0.3 is 19.6 Å². The Morgan fingerprint density at radius 3 is 1.06 bits per heavy atom. The molecule has 4 saturated carbocycles. The zero-order valence-electron chi connectivity index (χ0n) is 47.8. The average molecular weight is 923 g/mol. The van der Waals surface area contributed by atoms with E-state index in [1.54, 1.807) is 0 Å². The first-order valence-corrected chi connectivity index (χ1v) is 29.7. The predicted octanol–water partition coefficient (Wildman–Crippen LogP) is 15.0. The van der Waals surface area contributed by atoms with Gasteiger partial charge in [0.05, 0.1) is 0 Å². The lowest BCUT2D eigenvalue weighted by Gasteiger charge is -2.43. The van der Waals surface area contributed by atoms with E-state index in [2.05, 4.69) is 135 Å². The third kappa shape index (κ3) is 19.4. The van der Waals surface area contributed by atoms with Crippen molar-refractivity contribution in [3.8, 4) is 0 Å². The summed E-state index contributed by atoms with van der Waals surface area (Å²) in [5, 5.41) is 0. The Labute approximate surface area is 414 Å². The third-order valence-electron chi connectivity index (χ3n) is 18.4. The number of hydrogen-bond donors (Lipinski definition) is 0. The number of nitrogens with zero attached hydrogens (tertiary/aromatic N) is 5. The van der Waals surface area contributed by atoms with E-state index >= 15 is 0 Å². The lowest BCUT2D eigenvalue weighted by molar-refractivity contribution is 0.0467. The van der Waals surface area contributed by atoms with Crippen molar-refractivity contribution < 1.29 is 0 Å². The first-order chi connectivity index (χ1) is 31.0. The minimum Gasteiger partial charge on any atom is -0.301 e. The van der Waals surface area contributed by atoms with Crippen molar-refractivity contribution in [2.45, 2.75) is 257 Å². The molecule has 5 heteroatoms. The highest BCUT2D eigenvalue weighted by Gasteiger charge is 2.48. The molecule has 66 heavy (non-hydrogen) atoms. The summed E-state index contributed by atoms with van der Waals surface area (Å²) in [5.74, 6) is 6.60. The van der Waals surface area contributed by atoms with Gasteiger partial charge in [0, 0.05) is 76.5 Å². The van der Waals surface area contributed by atoms with Gasteiger partial charge >= 0.3 is 0 Å². The number of hydrogen-bond acceptors (Lipinski definition) is 5. The topological polar surface area (TPSA) is 16.2 Å². The summed E-state index contributed by atoms with van der Waals surface area (Å²) in [5.41, 5.74) is 3.08. The van der Waals surface area contributed by atoms with Crippen LogP contribution in [0.3, 0.4) is 0 Å². The normalized spacial score (nSPS) is 26.6. The van der Waals surface area contributed by atoms with E-state index in [1.807, 2.05) is 0 Å². The Morgan fingerprint density at radius 1 is 0.333 bits per heavy atom. The first-order valence-electron chi connectivity index (χ1n) is 29.7. The van der Waals surface area contributed by atoms with Gasteiger partial charge in [-0.25, -0.2) is 0 Å². The van der Waals surface area contributed by atoms with Crippen LogP contribution in [0.1, 0.15) is 233 Å². The molecule has 0 aromatic carbocycles. The molecule has 4 aliphatic heterocycles. The van der Waals surface area contributed by atoms with Crippen molar-refractivity contribution in [2.24, 2.45) is 63.1 Å². The van der Waals surface area contributed by atoms with Gasteiger partial charge in [0.15, 0.2) is 0 Å². The second-order valence-corrected chi connectivity index (χ2v) is 28.5. The zero-order valence-corrected chi connectivity index (χ0v) is 47.8. The molecule has 0 N–H and O–H groups in total. The van der Waals surface area contributed by atoms with E-state index in [1.165, 1.54) is 194 Å². The first kappa shape index (κ1) is 56.7. The fourth-order valence-corrected chi connectivity index (χ4v) is 14.4. The van der Waals surface area contributed by atoms with Gasteiger partial charge in [0.2, 0.25) is 0 Å². The molecule has 4 saturated heterocycles. The molecule has 0 amide bonds. The molecule has 0 radical (unpaired) electrons. The van der Waals surface area contributed by atoms with Crippen LogP contribution in [0.15, 0.2) is 0 Å². The van der Waals surface area contributed by atoms with Crippen LogP contribution >= 0.6 is 0 Å². The van der Waals surface area contributed by atoms with Crippen LogP contribution in [0.4, 0.5) is 0 Å². The molecule has 0 bridgehead atoms. The molecule has 388 valence electrons. The van der Waals surface area contributed by atoms with Gasteiger partial charge in [-0.3, -0.25) is 4.90 Å². The smallest absolute Gasteiger partial charge is 0.0113 e. The summed E-state index contributed by atoms with van der Waals surface area (Å²) in [6, 6.07) is 2.99. The molecule has 8 fully saturated rings. The summed E-state index contributed by atoms with van der Waals surface area (Å²) in [6.45, 7) is 52.3. The predicted molar refractivity (Wildman–Crippen MR) is 291 cm³/mol. The Balaban J connectivity index is 0.000000165. The van der Waals surface area contributed by atoms with Crippen molar-refractivity contribution in [1.29, 1.82) is 0 Å². The summed E-state index contributed by atoms with van der Waals surface area (Å²) >= 11 is 0. The zero-order chi connectivity index (χ0) is 48.5. The standard InChI is InChI=1S/2C16H31N.C15H30N2.C14H27N/c1-13(2)11-16(7-8-16)12-15-5-9-17(10-6-15)14(3)4;1-13(2)10-16(7-8-16)11-15-6-5-9-17(12-15)14(3)4;1-13(2)11-15(5-6-15)12-16-7-9-17(10-8-16)14(3)4;1-11(2)7-14(5-6-14)8-13-9-15(10-13)12(3)4/h2*13-15H,5-12H2,1-4H3;13-14H,5-12H2,1-4H3;11-13H,5-10H2,1-4H3. The van der Waals surface area contributed by atoms with Crippen molar-refractivity contribution in [1.82, 2.24) is 24.5 Å². The molecule has 0 aromatic rings. The van der Waals surface area contributed by atoms with Crippen LogP contribution < -0.4 is 0 Å². The second-order valence-electron chi connectivity index (χ2n) is 28.5. The maximum Gasteiger partial charge on any atom is 0.0113 e. The molecule has 1 unspecified atom stereocenters. The fraction of sp³-hybridized carbons (Fsp3) is 1.00. The summed E-state index contributed by atoms with van der Waals surface area (Å²) in [7, 11) is 0. The number of piperidine rings is 2. The van der Waals surface area contributed by atoms with Crippen molar-refractivity contribution in [3.63, 3.8) is 0 Å². The van der Waals surface area contributed by atoms with Gasteiger partial charge in [-0.2, -0.15) is 0 Å². The van der Waals surface area contributed by atoms with Crippen LogP contribution in [-0.4, -0.2) is 121 Å². The molecule has 8 aliphatic rings. The highest BCUT2D eigenvalue weighted by molar-refractivity contribution is 5.00. The molecule has 0 spiro atoms. The van der Waals surface area contributed by atoms with Crippen LogP contribution in [0.2, 0.25) is 0 Å². The maximum atomic E-state index is 2.72. The molecule has 8 rings (SSSR count). The number of piperazine rings is 1. The summed E-state index contributed by atoms with van der Waals surface area (Å²) < 4.78 is 0. The Kier molecular flexibility index (Phi) is 21.9. The summed E-state index contributed by atoms with van der Waals surface area (Å²) in [6.07, 6.45) is 28.4. The van der Waals surface area contributed by atoms with Gasteiger partial charge in [0.25, 0.3) is 0 Å². The number of rotatable bonds is 20. The molecule has 4 heterocycles. The van der Waals surface area contributed by atoms with E-state index in [4.69, 9.17) is 0 Å². The van der Waals surface area contributed by atoms with Gasteiger partial charge in [-0.05, 0) is 260 Å². The highest BCUT2D eigenvalue weighted by Crippen LogP contribution is 2.58. The molecule has 4 aliphatic carbocycles. The minimum atomic E-state index is 0.716. The quantitative estimate of drug-likeness (QED) is 0.121. The highest BCUT2D eigenvalue weighted by atomic mass is 15.3. The van der Waals surface area contributed by atoms with E-state index in [0.717, 1.165) is 81.8 Å². The van der Waals surface area contributed by atoms with E-state index < -0.39 is 0 Å². The fourth-order valence-electron chi connectivity index (χ4n) is 14.4. The van der Waals surface area contributed by atoms with Crippen LogP contribution in [0.25, 0.3) is 0 Å². The van der Waals surface area contributed by atoms with Gasteiger partial charge in [-0.1, -0.05) is 55.4 Å². The average Bonchev–Trinajstić information content (AvgIpc) is 4.02. The van der Waals surface area contributed by atoms with Crippen molar-refractivity contribution >= 4 is 0 Å². The van der Waals surface area contributed by atoms with Crippen LogP contribution in [-0.2, 0) is 0 Å². The van der Waals surface area contributed by atoms with E-state index in [9.17, 15) is 0 Å². The maximum absolute atomic E-state index is 2.72. The van der Waals surface area contributed by atoms with E-state index in [0.29, 0.717) is 5.41 Å². The Morgan fingerprint density at radius 2 is 0.682 bits per heavy atom. The van der Waals surface area contributed by atoms with Crippen LogP contribution in [0, 0.1) is 63.1 Å². The van der Waals surface area contributed by atoms with E-state index in [-0.39, 0.29) is 0 Å². The molecular weight excluding hydrogens is 803 g/mol. The van der Waals surface area contributed by atoms with Crippen LogP contribution in [0.5, 0.6) is 0 Å². The van der Waals surface area contributed by atoms with Crippen molar-refractivity contribution in [3.05, 3.63) is 0 Å².